The molecule has 0 bridgehead atoms. The Balaban J connectivity index is 1.63. The fourth-order valence-electron chi connectivity index (χ4n) is 2.62. The van der Waals surface area contributed by atoms with Gasteiger partial charge in [-0.25, -0.2) is 4.39 Å². The summed E-state index contributed by atoms with van der Waals surface area (Å²) in [7, 11) is 0. The van der Waals surface area contributed by atoms with Crippen molar-refractivity contribution in [2.45, 2.75) is 56.7 Å². The van der Waals surface area contributed by atoms with Gasteiger partial charge in [-0.15, -0.1) is 0 Å². The van der Waals surface area contributed by atoms with E-state index in [-0.39, 0.29) is 0 Å². The van der Waals surface area contributed by atoms with E-state index in [1.807, 2.05) is 0 Å². The van der Waals surface area contributed by atoms with Gasteiger partial charge in [0, 0.05) is 19.7 Å². The highest BCUT2D eigenvalue weighted by molar-refractivity contribution is 4.85. The summed E-state index contributed by atoms with van der Waals surface area (Å²) in [5, 5.41) is 3.24. The van der Waals surface area contributed by atoms with Gasteiger partial charge in [0.05, 0.1) is 6.10 Å². The molecule has 1 atom stereocenters. The van der Waals surface area contributed by atoms with Gasteiger partial charge in [-0.2, -0.15) is 0 Å². The number of hydrogen-bond donors (Lipinski definition) is 1. The Bertz CT molecular complexity index is 186. The molecule has 1 saturated carbocycles. The molecule has 2 fully saturated rings. The zero-order valence-electron chi connectivity index (χ0n) is 9.43. The normalized spacial score (nSPS) is 30.6. The topological polar surface area (TPSA) is 21.3 Å². The van der Waals surface area contributed by atoms with Crippen molar-refractivity contribution in [3.63, 3.8) is 0 Å². The van der Waals surface area contributed by atoms with Gasteiger partial charge in [0.15, 0.2) is 0 Å². The molecule has 2 rings (SSSR count). The standard InChI is InChI=1S/C12H22FNO/c13-12(6-2-1-3-7-12)10-14-9-11-5-4-8-15-11/h11,14H,1-10H2. The second-order valence-corrected chi connectivity index (χ2v) is 4.98. The average molecular weight is 215 g/mol. The Morgan fingerprint density at radius 1 is 1.20 bits per heavy atom. The quantitative estimate of drug-likeness (QED) is 0.777. The molecule has 0 spiro atoms. The van der Waals surface area contributed by atoms with E-state index in [2.05, 4.69) is 5.32 Å². The average Bonchev–Trinajstić information content (AvgIpc) is 2.71. The Morgan fingerprint density at radius 3 is 2.67 bits per heavy atom. The maximum atomic E-state index is 14.1. The molecule has 1 aliphatic carbocycles. The van der Waals surface area contributed by atoms with E-state index < -0.39 is 5.67 Å². The van der Waals surface area contributed by atoms with Crippen LogP contribution < -0.4 is 5.32 Å². The van der Waals surface area contributed by atoms with Crippen molar-refractivity contribution < 1.29 is 9.13 Å². The van der Waals surface area contributed by atoms with E-state index in [1.165, 1.54) is 6.42 Å². The molecule has 2 nitrogen and oxygen atoms in total. The van der Waals surface area contributed by atoms with Gasteiger partial charge in [-0.1, -0.05) is 19.3 Å². The number of nitrogens with one attached hydrogen (secondary N) is 1. The van der Waals surface area contributed by atoms with Crippen molar-refractivity contribution in [2.75, 3.05) is 19.7 Å². The Labute approximate surface area is 91.6 Å². The highest BCUT2D eigenvalue weighted by Gasteiger charge is 2.31. The Hall–Kier alpha value is -0.150. The first-order valence-corrected chi connectivity index (χ1v) is 6.30. The maximum absolute atomic E-state index is 14.1. The molecule has 1 N–H and O–H groups in total. The van der Waals surface area contributed by atoms with Crippen LogP contribution in [0.1, 0.15) is 44.9 Å². The molecule has 0 aromatic rings. The van der Waals surface area contributed by atoms with Crippen molar-refractivity contribution in [1.82, 2.24) is 5.32 Å². The SMILES string of the molecule is FC1(CNCC2CCCO2)CCCCC1. The second-order valence-electron chi connectivity index (χ2n) is 4.98. The van der Waals surface area contributed by atoms with Crippen LogP contribution in [0.5, 0.6) is 0 Å². The van der Waals surface area contributed by atoms with Crippen LogP contribution in [0.15, 0.2) is 0 Å². The van der Waals surface area contributed by atoms with E-state index in [0.717, 1.165) is 51.7 Å². The lowest BCUT2D eigenvalue weighted by Gasteiger charge is -2.30. The van der Waals surface area contributed by atoms with Gasteiger partial charge >= 0.3 is 0 Å². The summed E-state index contributed by atoms with van der Waals surface area (Å²) < 4.78 is 19.6. The van der Waals surface area contributed by atoms with Crippen molar-refractivity contribution in [1.29, 1.82) is 0 Å². The number of halogens is 1. The van der Waals surface area contributed by atoms with Crippen molar-refractivity contribution in [3.05, 3.63) is 0 Å². The molecule has 0 aromatic carbocycles. The van der Waals surface area contributed by atoms with Crippen molar-refractivity contribution in [2.24, 2.45) is 0 Å². The summed E-state index contributed by atoms with van der Waals surface area (Å²) in [4.78, 5) is 0. The molecule has 1 saturated heterocycles. The molecule has 0 aromatic heterocycles. The number of rotatable bonds is 4. The number of ether oxygens (including phenoxy) is 1. The van der Waals surface area contributed by atoms with Crippen LogP contribution in [0.2, 0.25) is 0 Å². The molecule has 1 unspecified atom stereocenters. The number of alkyl halides is 1. The zero-order chi connectivity index (χ0) is 10.6. The van der Waals surface area contributed by atoms with Gasteiger partial charge in [0.1, 0.15) is 5.67 Å². The zero-order valence-corrected chi connectivity index (χ0v) is 9.43. The molecule has 0 radical (unpaired) electrons. The van der Waals surface area contributed by atoms with E-state index in [1.54, 1.807) is 0 Å². The lowest BCUT2D eigenvalue weighted by Crippen LogP contribution is -2.41. The fourth-order valence-corrected chi connectivity index (χ4v) is 2.62. The van der Waals surface area contributed by atoms with Gasteiger partial charge in [-0.3, -0.25) is 0 Å². The predicted octanol–water partition coefficient (Wildman–Crippen LogP) is 2.43. The monoisotopic (exact) mass is 215 g/mol. The summed E-state index contributed by atoms with van der Waals surface area (Å²) >= 11 is 0. The number of hydrogen-bond acceptors (Lipinski definition) is 2. The second kappa shape index (κ2) is 5.26. The third-order valence-electron chi connectivity index (χ3n) is 3.59. The Morgan fingerprint density at radius 2 is 2.00 bits per heavy atom. The lowest BCUT2D eigenvalue weighted by molar-refractivity contribution is 0.0840. The minimum Gasteiger partial charge on any atom is -0.377 e. The molecule has 15 heavy (non-hydrogen) atoms. The third kappa shape index (κ3) is 3.42. The molecule has 1 heterocycles. The third-order valence-corrected chi connectivity index (χ3v) is 3.59. The minimum atomic E-state index is -0.934. The summed E-state index contributed by atoms with van der Waals surface area (Å²) in [6, 6.07) is 0. The van der Waals surface area contributed by atoms with Crippen molar-refractivity contribution in [3.8, 4) is 0 Å². The molecular formula is C12H22FNO. The molecular weight excluding hydrogens is 193 g/mol. The molecule has 3 heteroatoms. The largest absolute Gasteiger partial charge is 0.377 e. The summed E-state index contributed by atoms with van der Waals surface area (Å²) in [5.74, 6) is 0. The summed E-state index contributed by atoms with van der Waals surface area (Å²) in [6.45, 7) is 2.23. The van der Waals surface area contributed by atoms with Crippen LogP contribution in [0.3, 0.4) is 0 Å². The Kier molecular flexibility index (Phi) is 3.98. The highest BCUT2D eigenvalue weighted by atomic mass is 19.1. The van der Waals surface area contributed by atoms with Gasteiger partial charge < -0.3 is 10.1 Å². The summed E-state index contributed by atoms with van der Waals surface area (Å²) in [6.07, 6.45) is 7.42. The van der Waals surface area contributed by atoms with Crippen LogP contribution in [-0.4, -0.2) is 31.5 Å². The molecule has 88 valence electrons. The van der Waals surface area contributed by atoms with E-state index in [9.17, 15) is 4.39 Å². The minimum absolute atomic E-state index is 0.331. The van der Waals surface area contributed by atoms with Crippen molar-refractivity contribution >= 4 is 0 Å². The van der Waals surface area contributed by atoms with Gasteiger partial charge in [0.25, 0.3) is 0 Å². The van der Waals surface area contributed by atoms with E-state index in [4.69, 9.17) is 4.74 Å². The van der Waals surface area contributed by atoms with E-state index in [0.29, 0.717) is 12.6 Å². The van der Waals surface area contributed by atoms with Crippen LogP contribution in [0.25, 0.3) is 0 Å². The smallest absolute Gasteiger partial charge is 0.123 e. The first-order chi connectivity index (χ1) is 7.29. The van der Waals surface area contributed by atoms with Crippen LogP contribution in [0, 0.1) is 0 Å². The van der Waals surface area contributed by atoms with Gasteiger partial charge in [0.2, 0.25) is 0 Å². The maximum Gasteiger partial charge on any atom is 0.123 e. The lowest BCUT2D eigenvalue weighted by atomic mass is 9.86. The fraction of sp³-hybridized carbons (Fsp3) is 1.00. The van der Waals surface area contributed by atoms with Crippen LogP contribution in [-0.2, 0) is 4.74 Å². The molecule has 2 aliphatic rings. The first kappa shape index (κ1) is 11.3. The van der Waals surface area contributed by atoms with E-state index >= 15 is 0 Å². The van der Waals surface area contributed by atoms with Gasteiger partial charge in [-0.05, 0) is 25.7 Å². The first-order valence-electron chi connectivity index (χ1n) is 6.30. The predicted molar refractivity (Wildman–Crippen MR) is 58.8 cm³/mol. The summed E-state index contributed by atoms with van der Waals surface area (Å²) in [5.41, 5.74) is -0.934. The van der Waals surface area contributed by atoms with Crippen LogP contribution in [0.4, 0.5) is 4.39 Å². The highest BCUT2D eigenvalue weighted by Crippen LogP contribution is 2.31. The molecule has 1 aliphatic heterocycles. The molecule has 0 amide bonds. The van der Waals surface area contributed by atoms with Crippen LogP contribution >= 0.6 is 0 Å².